The van der Waals surface area contributed by atoms with Crippen molar-refractivity contribution in [3.63, 3.8) is 0 Å². The molecule has 0 unspecified atom stereocenters. The first kappa shape index (κ1) is 28.1. The molecule has 1 aliphatic carbocycles. The summed E-state index contributed by atoms with van der Waals surface area (Å²) >= 11 is 18.0. The van der Waals surface area contributed by atoms with Crippen molar-refractivity contribution < 1.29 is 35.9 Å². The molecule has 0 saturated heterocycles. The number of halogens is 9. The molecule has 0 aliphatic heterocycles. The first-order valence-electron chi connectivity index (χ1n) is 10.7. The zero-order valence-electron chi connectivity index (χ0n) is 19.0. The maximum Gasteiger partial charge on any atom is 0.435 e. The Labute approximate surface area is 225 Å². The average Bonchev–Trinajstić information content (AvgIpc) is 3.47. The second kappa shape index (κ2) is 9.97. The van der Waals surface area contributed by atoms with Crippen LogP contribution in [0.1, 0.15) is 50.5 Å². The lowest BCUT2D eigenvalue weighted by atomic mass is 10.1. The third kappa shape index (κ3) is 5.87. The summed E-state index contributed by atoms with van der Waals surface area (Å²) in [5.41, 5.74) is -3.89. The van der Waals surface area contributed by atoms with E-state index < -0.39 is 56.9 Å². The molecule has 1 saturated carbocycles. The molecule has 0 atom stereocenters. The van der Waals surface area contributed by atoms with Crippen molar-refractivity contribution in [1.82, 2.24) is 15.1 Å². The van der Waals surface area contributed by atoms with Gasteiger partial charge in [0.05, 0.1) is 26.9 Å². The molecule has 6 nitrogen and oxygen atoms in total. The van der Waals surface area contributed by atoms with E-state index in [1.54, 1.807) is 0 Å². The van der Waals surface area contributed by atoms with E-state index >= 15 is 0 Å². The van der Waals surface area contributed by atoms with Crippen molar-refractivity contribution >= 4 is 52.3 Å². The molecule has 38 heavy (non-hydrogen) atoms. The van der Waals surface area contributed by atoms with Crippen LogP contribution in [0.15, 0.2) is 30.3 Å². The predicted octanol–water partition coefficient (Wildman–Crippen LogP) is 7.32. The number of carbonyl (C=O) groups is 2. The van der Waals surface area contributed by atoms with E-state index in [0.717, 1.165) is 12.8 Å². The summed E-state index contributed by atoms with van der Waals surface area (Å²) in [5.74, 6) is -1.74. The lowest BCUT2D eigenvalue weighted by molar-refractivity contribution is -0.141. The van der Waals surface area contributed by atoms with Crippen LogP contribution in [0.3, 0.4) is 0 Å². The Hall–Kier alpha value is -2.96. The third-order valence-electron chi connectivity index (χ3n) is 5.48. The first-order chi connectivity index (χ1) is 17.6. The molecule has 202 valence electrons. The van der Waals surface area contributed by atoms with Crippen LogP contribution in [-0.4, -0.2) is 27.6 Å². The number of anilines is 1. The molecule has 1 heterocycles. The SMILES string of the molecule is Cc1cc(Cl)cc(C(=O)NC2CC2)c1NC(=O)c1cc(C(F)(F)F)nn1-c1c(Cl)cc(C(F)(F)F)cc1Cl. The summed E-state index contributed by atoms with van der Waals surface area (Å²) in [7, 11) is 0. The topological polar surface area (TPSA) is 76.0 Å². The second-order valence-corrected chi connectivity index (χ2v) is 9.71. The first-order valence-corrected chi connectivity index (χ1v) is 11.9. The van der Waals surface area contributed by atoms with Crippen molar-refractivity contribution in [3.05, 3.63) is 73.5 Å². The summed E-state index contributed by atoms with van der Waals surface area (Å²) in [6.45, 7) is 1.51. The minimum Gasteiger partial charge on any atom is -0.349 e. The fourth-order valence-electron chi connectivity index (χ4n) is 3.54. The van der Waals surface area contributed by atoms with E-state index in [0.29, 0.717) is 28.4 Å². The average molecular weight is 600 g/mol. The van der Waals surface area contributed by atoms with Gasteiger partial charge in [0.15, 0.2) is 5.69 Å². The predicted molar refractivity (Wildman–Crippen MR) is 128 cm³/mol. The molecule has 1 fully saturated rings. The van der Waals surface area contributed by atoms with Gasteiger partial charge in [0.25, 0.3) is 11.8 Å². The van der Waals surface area contributed by atoms with E-state index in [2.05, 4.69) is 15.7 Å². The number of hydrogen-bond donors (Lipinski definition) is 2. The van der Waals surface area contributed by atoms with Crippen molar-refractivity contribution in [2.24, 2.45) is 0 Å². The Balaban J connectivity index is 1.81. The lowest BCUT2D eigenvalue weighted by Crippen LogP contribution is -2.27. The molecule has 0 spiro atoms. The summed E-state index contributed by atoms with van der Waals surface area (Å²) in [5, 5.41) is 7.24. The van der Waals surface area contributed by atoms with Gasteiger partial charge in [-0.1, -0.05) is 34.8 Å². The van der Waals surface area contributed by atoms with Crippen LogP contribution in [-0.2, 0) is 12.4 Å². The molecule has 1 aromatic heterocycles. The van der Waals surface area contributed by atoms with Gasteiger partial charge in [-0.05, 0) is 49.6 Å². The maximum absolute atomic E-state index is 13.5. The summed E-state index contributed by atoms with van der Waals surface area (Å²) in [6.07, 6.45) is -8.35. The fraction of sp³-hybridized carbons (Fsp3) is 0.261. The highest BCUT2D eigenvalue weighted by Crippen LogP contribution is 2.39. The van der Waals surface area contributed by atoms with E-state index in [-0.39, 0.29) is 22.3 Å². The highest BCUT2D eigenvalue weighted by Gasteiger charge is 2.38. The van der Waals surface area contributed by atoms with Crippen LogP contribution in [0.5, 0.6) is 0 Å². The molecule has 3 aromatic rings. The van der Waals surface area contributed by atoms with E-state index in [1.165, 1.54) is 19.1 Å². The van der Waals surface area contributed by atoms with Crippen LogP contribution in [0.4, 0.5) is 32.0 Å². The minimum absolute atomic E-state index is 0.0385. The number of nitrogens with zero attached hydrogens (tertiary/aromatic N) is 2. The lowest BCUT2D eigenvalue weighted by Gasteiger charge is -2.16. The largest absolute Gasteiger partial charge is 0.435 e. The normalized spacial score (nSPS) is 13.9. The Morgan fingerprint density at radius 3 is 2.05 bits per heavy atom. The number of carbonyl (C=O) groups excluding carboxylic acids is 2. The van der Waals surface area contributed by atoms with Crippen molar-refractivity contribution in [2.75, 3.05) is 5.32 Å². The van der Waals surface area contributed by atoms with Gasteiger partial charge in [0.2, 0.25) is 0 Å². The highest BCUT2D eigenvalue weighted by atomic mass is 35.5. The molecule has 0 bridgehead atoms. The summed E-state index contributed by atoms with van der Waals surface area (Å²) < 4.78 is 80.4. The van der Waals surface area contributed by atoms with Crippen LogP contribution < -0.4 is 10.6 Å². The smallest absolute Gasteiger partial charge is 0.349 e. The molecule has 4 rings (SSSR count). The molecular weight excluding hydrogens is 585 g/mol. The Bertz CT molecular complexity index is 1430. The van der Waals surface area contributed by atoms with Crippen molar-refractivity contribution in [2.45, 2.75) is 38.2 Å². The third-order valence-corrected chi connectivity index (χ3v) is 6.28. The molecule has 15 heteroatoms. The van der Waals surface area contributed by atoms with Gasteiger partial charge < -0.3 is 10.6 Å². The van der Waals surface area contributed by atoms with Crippen LogP contribution in [0, 0.1) is 6.92 Å². The number of alkyl halides is 6. The minimum atomic E-state index is -5.03. The van der Waals surface area contributed by atoms with Crippen molar-refractivity contribution in [3.8, 4) is 5.69 Å². The quantitative estimate of drug-likeness (QED) is 0.302. The molecule has 1 aliphatic rings. The zero-order chi connectivity index (χ0) is 28.2. The fourth-order valence-corrected chi connectivity index (χ4v) is 4.46. The van der Waals surface area contributed by atoms with Gasteiger partial charge in [-0.3, -0.25) is 9.59 Å². The number of nitrogens with one attached hydrogen (secondary N) is 2. The van der Waals surface area contributed by atoms with Gasteiger partial charge in [-0.15, -0.1) is 0 Å². The number of amides is 2. The standard InChI is InChI=1S/C23H15Cl3F6N4O2/c1-9-4-11(24)7-13(20(37)33-12-2-3-12)18(9)34-21(38)16-8-17(23(30,31)32)35-36(16)19-14(25)5-10(6-15(19)26)22(27,28)29/h4-8,12H,2-3H2,1H3,(H,33,37)(H,34,38). The van der Waals surface area contributed by atoms with Gasteiger partial charge in [-0.25, -0.2) is 4.68 Å². The molecular formula is C23H15Cl3F6N4O2. The van der Waals surface area contributed by atoms with E-state index in [4.69, 9.17) is 34.8 Å². The molecule has 2 N–H and O–H groups in total. The number of aryl methyl sites for hydroxylation is 1. The van der Waals surface area contributed by atoms with Crippen molar-refractivity contribution in [1.29, 1.82) is 0 Å². The molecule has 2 aromatic carbocycles. The monoisotopic (exact) mass is 598 g/mol. The number of benzene rings is 2. The zero-order valence-corrected chi connectivity index (χ0v) is 21.3. The Morgan fingerprint density at radius 1 is 0.921 bits per heavy atom. The molecule has 2 amide bonds. The molecule has 0 radical (unpaired) electrons. The van der Waals surface area contributed by atoms with E-state index in [1.807, 2.05) is 0 Å². The second-order valence-electron chi connectivity index (χ2n) is 8.46. The van der Waals surface area contributed by atoms with Gasteiger partial charge in [-0.2, -0.15) is 31.4 Å². The summed E-state index contributed by atoms with van der Waals surface area (Å²) in [6, 6.07) is 3.93. The Kier molecular flexibility index (Phi) is 7.36. The summed E-state index contributed by atoms with van der Waals surface area (Å²) in [4.78, 5) is 26.0. The van der Waals surface area contributed by atoms with Crippen LogP contribution in [0.2, 0.25) is 15.1 Å². The van der Waals surface area contributed by atoms with Gasteiger partial charge in [0.1, 0.15) is 11.4 Å². The van der Waals surface area contributed by atoms with Crippen LogP contribution in [0.25, 0.3) is 5.69 Å². The van der Waals surface area contributed by atoms with Crippen LogP contribution >= 0.6 is 34.8 Å². The number of aromatic nitrogens is 2. The number of hydrogen-bond acceptors (Lipinski definition) is 3. The Morgan fingerprint density at radius 2 is 1.53 bits per heavy atom. The number of rotatable bonds is 5. The van der Waals surface area contributed by atoms with Gasteiger partial charge >= 0.3 is 12.4 Å². The highest BCUT2D eigenvalue weighted by molar-refractivity contribution is 6.38. The van der Waals surface area contributed by atoms with E-state index in [9.17, 15) is 35.9 Å². The van der Waals surface area contributed by atoms with Gasteiger partial charge in [0, 0.05) is 17.1 Å². The maximum atomic E-state index is 13.5.